The monoisotopic (exact) mass is 542 g/mol. The fourth-order valence-corrected chi connectivity index (χ4v) is 6.05. The lowest BCUT2D eigenvalue weighted by atomic mass is 9.81. The molecule has 10 nitrogen and oxygen atoms in total. The molecule has 0 saturated carbocycles. The maximum absolute atomic E-state index is 13.7. The lowest BCUT2D eigenvalue weighted by Gasteiger charge is -2.31. The number of benzene rings is 2. The average molecular weight is 543 g/mol. The zero-order chi connectivity index (χ0) is 27.7. The highest BCUT2D eigenvalue weighted by Crippen LogP contribution is 2.39. The summed E-state index contributed by atoms with van der Waals surface area (Å²) in [5.41, 5.74) is 1.58. The topological polar surface area (TPSA) is 124 Å². The maximum Gasteiger partial charge on any atom is 0.312 e. The first-order chi connectivity index (χ1) is 17.9. The van der Waals surface area contributed by atoms with Crippen LogP contribution in [0.25, 0.3) is 0 Å². The molecule has 0 saturated heterocycles. The van der Waals surface area contributed by atoms with Crippen LogP contribution in [0.4, 0.5) is 0 Å². The molecular formula is C27H34N4O6S. The van der Waals surface area contributed by atoms with Crippen molar-refractivity contribution in [3.8, 4) is 5.75 Å². The highest BCUT2D eigenvalue weighted by molar-refractivity contribution is 7.89. The molecule has 1 unspecified atom stereocenters. The fourth-order valence-electron chi connectivity index (χ4n) is 4.48. The van der Waals surface area contributed by atoms with Crippen molar-refractivity contribution in [3.05, 3.63) is 71.0 Å². The van der Waals surface area contributed by atoms with Gasteiger partial charge in [-0.1, -0.05) is 42.5 Å². The van der Waals surface area contributed by atoms with E-state index in [2.05, 4.69) is 10.3 Å². The number of aromatic nitrogens is 3. The summed E-state index contributed by atoms with van der Waals surface area (Å²) in [4.78, 5) is 12.4. The zero-order valence-electron chi connectivity index (χ0n) is 22.3. The van der Waals surface area contributed by atoms with Gasteiger partial charge in [-0.15, -0.1) is 5.10 Å². The molecule has 3 aromatic rings. The van der Waals surface area contributed by atoms with Crippen LogP contribution in [0.2, 0.25) is 0 Å². The molecule has 1 aliphatic heterocycles. The second-order valence-electron chi connectivity index (χ2n) is 10.2. The van der Waals surface area contributed by atoms with Crippen molar-refractivity contribution in [2.45, 2.75) is 64.4 Å². The molecule has 204 valence electrons. The highest BCUT2D eigenvalue weighted by Gasteiger charge is 2.40. The Morgan fingerprint density at radius 1 is 1.26 bits per heavy atom. The number of hydrogen-bond donors (Lipinski definition) is 1. The number of carbonyl (C=O) groups is 1. The van der Waals surface area contributed by atoms with E-state index >= 15 is 0 Å². The second-order valence-corrected chi connectivity index (χ2v) is 12.1. The normalized spacial score (nSPS) is 18.3. The van der Waals surface area contributed by atoms with Crippen LogP contribution in [0.3, 0.4) is 0 Å². The van der Waals surface area contributed by atoms with Crippen molar-refractivity contribution < 1.29 is 27.8 Å². The minimum atomic E-state index is -3.83. The first-order valence-electron chi connectivity index (χ1n) is 12.5. The second kappa shape index (κ2) is 10.8. The molecule has 0 bridgehead atoms. The molecule has 2 atom stereocenters. The smallest absolute Gasteiger partial charge is 0.312 e. The molecule has 1 aliphatic rings. The van der Waals surface area contributed by atoms with Crippen molar-refractivity contribution in [1.82, 2.24) is 19.3 Å². The Labute approximate surface area is 223 Å². The SMILES string of the molecule is CC[C@@H]1CN(Cc2cc(C(OCc3cn(C)nn3)C(C)(C)C(=O)O)ccc2C)S(=O)(=O)c2ccccc2O1. The van der Waals surface area contributed by atoms with E-state index in [0.29, 0.717) is 23.4 Å². The molecule has 0 spiro atoms. The van der Waals surface area contributed by atoms with Crippen LogP contribution >= 0.6 is 0 Å². The average Bonchev–Trinajstić information content (AvgIpc) is 3.25. The minimum absolute atomic E-state index is 0.0746. The van der Waals surface area contributed by atoms with Gasteiger partial charge in [0.2, 0.25) is 10.0 Å². The number of carboxylic acids is 1. The largest absolute Gasteiger partial charge is 0.488 e. The number of aryl methyl sites for hydroxylation is 2. The van der Waals surface area contributed by atoms with Crippen molar-refractivity contribution >= 4 is 16.0 Å². The number of hydrogen-bond acceptors (Lipinski definition) is 7. The van der Waals surface area contributed by atoms with Crippen molar-refractivity contribution in [1.29, 1.82) is 0 Å². The lowest BCUT2D eigenvalue weighted by molar-refractivity contribution is -0.158. The number of sulfonamides is 1. The first-order valence-corrected chi connectivity index (χ1v) is 13.9. The summed E-state index contributed by atoms with van der Waals surface area (Å²) in [5.74, 6) is -0.661. The predicted molar refractivity (Wildman–Crippen MR) is 140 cm³/mol. The molecular weight excluding hydrogens is 508 g/mol. The number of fused-ring (bicyclic) bond motifs is 1. The summed E-state index contributed by atoms with van der Waals surface area (Å²) in [5, 5.41) is 17.9. The van der Waals surface area contributed by atoms with E-state index in [1.165, 1.54) is 4.31 Å². The number of para-hydroxylation sites is 1. The Morgan fingerprint density at radius 3 is 2.66 bits per heavy atom. The van der Waals surface area contributed by atoms with Gasteiger partial charge < -0.3 is 14.6 Å². The maximum atomic E-state index is 13.7. The molecule has 1 N–H and O–H groups in total. The summed E-state index contributed by atoms with van der Waals surface area (Å²) in [6.07, 6.45) is 1.23. The number of aliphatic carboxylic acids is 1. The van der Waals surface area contributed by atoms with Gasteiger partial charge in [-0.05, 0) is 56.0 Å². The highest BCUT2D eigenvalue weighted by atomic mass is 32.2. The molecule has 2 heterocycles. The number of rotatable bonds is 9. The van der Waals surface area contributed by atoms with Gasteiger partial charge in [-0.3, -0.25) is 9.48 Å². The third-order valence-electron chi connectivity index (χ3n) is 6.90. The van der Waals surface area contributed by atoms with Gasteiger partial charge in [0.15, 0.2) is 0 Å². The Morgan fingerprint density at radius 2 is 2.00 bits per heavy atom. The zero-order valence-corrected chi connectivity index (χ0v) is 23.1. The van der Waals surface area contributed by atoms with Crippen LogP contribution in [0.1, 0.15) is 55.7 Å². The van der Waals surface area contributed by atoms with Gasteiger partial charge in [0.05, 0.1) is 30.9 Å². The van der Waals surface area contributed by atoms with E-state index in [1.807, 2.05) is 32.0 Å². The van der Waals surface area contributed by atoms with Crippen LogP contribution in [0, 0.1) is 12.3 Å². The van der Waals surface area contributed by atoms with E-state index in [-0.39, 0.29) is 30.7 Å². The number of carboxylic acid groups (broad SMARTS) is 1. The van der Waals surface area contributed by atoms with Crippen LogP contribution in [0.15, 0.2) is 53.6 Å². The molecule has 38 heavy (non-hydrogen) atoms. The quantitative estimate of drug-likeness (QED) is 0.432. The van der Waals surface area contributed by atoms with E-state index in [0.717, 1.165) is 11.1 Å². The summed E-state index contributed by atoms with van der Waals surface area (Å²) in [6.45, 7) is 7.47. The van der Waals surface area contributed by atoms with Crippen LogP contribution < -0.4 is 4.74 Å². The summed E-state index contributed by atoms with van der Waals surface area (Å²) >= 11 is 0. The van der Waals surface area contributed by atoms with Gasteiger partial charge in [0, 0.05) is 13.6 Å². The standard InChI is InChI=1S/C27H34N4O6S/c1-6-22-16-31(38(34,35)24-10-8-7-9-23(24)37-22)14-20-13-19(12-11-18(20)2)25(27(3,4)26(32)33)36-17-21-15-30(5)29-28-21/h7-13,15,22,25H,6,14,16-17H2,1-5H3,(H,32,33)/t22-,25?/m1/s1. The molecule has 0 fully saturated rings. The molecule has 0 radical (unpaired) electrons. The van der Waals surface area contributed by atoms with Gasteiger partial charge in [0.1, 0.15) is 22.4 Å². The van der Waals surface area contributed by atoms with Crippen LogP contribution in [-0.2, 0) is 39.8 Å². The van der Waals surface area contributed by atoms with Gasteiger partial charge in [-0.2, -0.15) is 4.31 Å². The van der Waals surface area contributed by atoms with Gasteiger partial charge >= 0.3 is 5.97 Å². The molecule has 0 amide bonds. The Bertz CT molecular complexity index is 1420. The Kier molecular flexibility index (Phi) is 7.91. The van der Waals surface area contributed by atoms with Gasteiger partial charge in [-0.25, -0.2) is 8.42 Å². The van der Waals surface area contributed by atoms with Crippen LogP contribution in [0.5, 0.6) is 5.75 Å². The Balaban J connectivity index is 1.69. The molecule has 0 aliphatic carbocycles. The van der Waals surface area contributed by atoms with E-state index in [4.69, 9.17) is 9.47 Å². The van der Waals surface area contributed by atoms with E-state index < -0.39 is 27.5 Å². The predicted octanol–water partition coefficient (Wildman–Crippen LogP) is 3.85. The molecule has 11 heteroatoms. The number of ether oxygens (including phenoxy) is 2. The third kappa shape index (κ3) is 5.59. The third-order valence-corrected chi connectivity index (χ3v) is 8.75. The summed E-state index contributed by atoms with van der Waals surface area (Å²) < 4.78 is 42.5. The van der Waals surface area contributed by atoms with Crippen molar-refractivity contribution in [2.75, 3.05) is 6.54 Å². The summed E-state index contributed by atoms with van der Waals surface area (Å²) in [7, 11) is -2.09. The lowest BCUT2D eigenvalue weighted by Crippen LogP contribution is -2.36. The summed E-state index contributed by atoms with van der Waals surface area (Å²) in [6, 6.07) is 12.2. The molecule has 2 aromatic carbocycles. The minimum Gasteiger partial charge on any atom is -0.488 e. The van der Waals surface area contributed by atoms with Crippen LogP contribution in [-0.4, -0.2) is 51.4 Å². The van der Waals surface area contributed by atoms with Crippen molar-refractivity contribution in [2.24, 2.45) is 12.5 Å². The fraction of sp³-hybridized carbons (Fsp3) is 0.444. The first kappa shape index (κ1) is 27.7. The van der Waals surface area contributed by atoms with Gasteiger partial charge in [0.25, 0.3) is 0 Å². The molecule has 1 aromatic heterocycles. The van der Waals surface area contributed by atoms with E-state index in [1.54, 1.807) is 56.0 Å². The van der Waals surface area contributed by atoms with E-state index in [9.17, 15) is 18.3 Å². The van der Waals surface area contributed by atoms with Crippen molar-refractivity contribution in [3.63, 3.8) is 0 Å². The number of nitrogens with zero attached hydrogens (tertiary/aromatic N) is 4. The Hall–Kier alpha value is -3.28. The molecule has 4 rings (SSSR count).